The number of imidazole rings is 1. The Labute approximate surface area is 247 Å². The molecule has 0 unspecified atom stereocenters. The molecule has 1 saturated carbocycles. The molecule has 43 heavy (non-hydrogen) atoms. The third-order valence-electron chi connectivity index (χ3n) is 7.14. The number of nitrogens with zero attached hydrogens (tertiary/aromatic N) is 5. The summed E-state index contributed by atoms with van der Waals surface area (Å²) in [6.07, 6.45) is 3.86. The Morgan fingerprint density at radius 3 is 2.77 bits per heavy atom. The molecule has 0 radical (unpaired) electrons. The molecule has 3 heterocycles. The number of para-hydroxylation sites is 1. The van der Waals surface area contributed by atoms with Crippen LogP contribution in [0.1, 0.15) is 32.9 Å². The van der Waals surface area contributed by atoms with Crippen LogP contribution < -0.4 is 20.2 Å². The van der Waals surface area contributed by atoms with Crippen LogP contribution in [-0.2, 0) is 23.4 Å². The first kappa shape index (κ1) is 30.7. The summed E-state index contributed by atoms with van der Waals surface area (Å²) in [6, 6.07) is 7.24. The number of esters is 1. The molecule has 0 bridgehead atoms. The van der Waals surface area contributed by atoms with E-state index in [-0.39, 0.29) is 30.0 Å². The molecule has 4 N–H and O–H groups in total. The number of hydrogen-bond donors (Lipinski definition) is 3. The lowest BCUT2D eigenvalue weighted by Gasteiger charge is -2.25. The molecule has 0 spiro atoms. The van der Waals surface area contributed by atoms with Crippen LogP contribution in [0.2, 0.25) is 0 Å². The minimum absolute atomic E-state index is 0.0684. The van der Waals surface area contributed by atoms with E-state index in [4.69, 9.17) is 30.7 Å². The van der Waals surface area contributed by atoms with E-state index in [9.17, 15) is 14.5 Å². The molecule has 2 fully saturated rings. The second-order valence-electron chi connectivity index (χ2n) is 10.3. The minimum atomic E-state index is -4.33. The van der Waals surface area contributed by atoms with Gasteiger partial charge >= 0.3 is 13.7 Å². The number of hydrogen-bond acceptors (Lipinski definition) is 12. The SMILES string of the molecule is C#C[C@@]1(F)[C@H](O)[C@@H](CO[P@](=O)(N[C@@H](C)C(=O)OCC)Oc2ccccc2)O[C@H]1n1cnc2c(N(C)C3CC3)nc(N)nc21. The number of aromatic nitrogens is 4. The summed E-state index contributed by atoms with van der Waals surface area (Å²) in [5.74, 6) is 1.86. The maximum Gasteiger partial charge on any atom is 0.459 e. The molecule has 1 aromatic carbocycles. The predicted octanol–water partition coefficient (Wildman–Crippen LogP) is 2.35. The van der Waals surface area contributed by atoms with Crippen molar-refractivity contribution in [3.8, 4) is 18.1 Å². The van der Waals surface area contributed by atoms with Crippen LogP contribution in [0.15, 0.2) is 36.7 Å². The van der Waals surface area contributed by atoms with E-state index in [1.165, 1.54) is 30.0 Å². The summed E-state index contributed by atoms with van der Waals surface area (Å²) in [4.78, 5) is 27.1. The van der Waals surface area contributed by atoms with Crippen LogP contribution in [0.4, 0.5) is 16.2 Å². The van der Waals surface area contributed by atoms with Crippen molar-refractivity contribution in [1.29, 1.82) is 0 Å². The van der Waals surface area contributed by atoms with Gasteiger partial charge in [-0.3, -0.25) is 13.9 Å². The van der Waals surface area contributed by atoms with Gasteiger partial charge in [-0.25, -0.2) is 13.9 Å². The number of nitrogens with one attached hydrogen (secondary N) is 1. The lowest BCUT2D eigenvalue weighted by molar-refractivity contribution is -0.144. The molecule has 2 aromatic heterocycles. The molecule has 230 valence electrons. The van der Waals surface area contributed by atoms with Crippen LogP contribution >= 0.6 is 7.75 Å². The highest BCUT2D eigenvalue weighted by Crippen LogP contribution is 2.48. The van der Waals surface area contributed by atoms with Gasteiger partial charge in [0, 0.05) is 13.1 Å². The van der Waals surface area contributed by atoms with E-state index in [1.807, 2.05) is 17.9 Å². The third-order valence-corrected chi connectivity index (χ3v) is 8.78. The second-order valence-corrected chi connectivity index (χ2v) is 11.9. The van der Waals surface area contributed by atoms with Crippen LogP contribution in [0.25, 0.3) is 11.2 Å². The van der Waals surface area contributed by atoms with E-state index in [0.717, 1.165) is 12.8 Å². The first-order valence-electron chi connectivity index (χ1n) is 13.7. The molecule has 2 aliphatic rings. The highest BCUT2D eigenvalue weighted by molar-refractivity contribution is 7.52. The highest BCUT2D eigenvalue weighted by Gasteiger charge is 2.58. The van der Waals surface area contributed by atoms with Crippen molar-refractivity contribution in [2.24, 2.45) is 0 Å². The summed E-state index contributed by atoms with van der Waals surface area (Å²) in [5.41, 5.74) is 3.70. The Bertz CT molecular complexity index is 1570. The molecule has 16 heteroatoms. The van der Waals surface area contributed by atoms with Gasteiger partial charge in [0.05, 0.1) is 19.5 Å². The summed E-state index contributed by atoms with van der Waals surface area (Å²) in [5, 5.41) is 13.5. The molecule has 3 aromatic rings. The quantitative estimate of drug-likeness (QED) is 0.154. The molecule has 5 rings (SSSR count). The summed E-state index contributed by atoms with van der Waals surface area (Å²) in [7, 11) is -2.47. The van der Waals surface area contributed by atoms with Crippen LogP contribution in [0.5, 0.6) is 5.75 Å². The predicted molar refractivity (Wildman–Crippen MR) is 154 cm³/mol. The van der Waals surface area contributed by atoms with E-state index >= 15 is 4.39 Å². The van der Waals surface area contributed by atoms with Gasteiger partial charge in [0.25, 0.3) is 0 Å². The normalized spacial score (nSPS) is 25.5. The smallest absolute Gasteiger partial charge is 0.459 e. The molecule has 1 saturated heterocycles. The fourth-order valence-corrected chi connectivity index (χ4v) is 6.22. The van der Waals surface area contributed by atoms with Crippen LogP contribution in [-0.4, -0.2) is 80.8 Å². The number of ether oxygens (including phenoxy) is 2. The van der Waals surface area contributed by atoms with Crippen LogP contribution in [0.3, 0.4) is 0 Å². The molecular formula is C27H33FN7O7P. The monoisotopic (exact) mass is 617 g/mol. The van der Waals surface area contributed by atoms with Gasteiger partial charge in [0.15, 0.2) is 23.2 Å². The first-order valence-corrected chi connectivity index (χ1v) is 15.2. The van der Waals surface area contributed by atoms with Crippen molar-refractivity contribution in [3.05, 3.63) is 36.7 Å². The Hall–Kier alpha value is -3.80. The maximum absolute atomic E-state index is 16.3. The molecule has 1 aliphatic carbocycles. The topological polar surface area (TPSA) is 176 Å². The van der Waals surface area contributed by atoms with E-state index in [2.05, 4.69) is 20.0 Å². The maximum atomic E-state index is 16.3. The van der Waals surface area contributed by atoms with E-state index in [0.29, 0.717) is 11.3 Å². The van der Waals surface area contributed by atoms with Gasteiger partial charge in [-0.05, 0) is 38.8 Å². The molecule has 0 amide bonds. The first-order chi connectivity index (χ1) is 20.5. The number of terminal acetylenes is 1. The number of carbonyl (C=O) groups excluding carboxylic acids is 1. The molecule has 6 atom stereocenters. The third kappa shape index (κ3) is 6.15. The number of nitrogens with two attached hydrogens (primary N) is 1. The van der Waals surface area contributed by atoms with Crippen LogP contribution in [0, 0.1) is 12.3 Å². The lowest BCUT2D eigenvalue weighted by atomic mass is 9.97. The highest BCUT2D eigenvalue weighted by atomic mass is 31.2. The lowest BCUT2D eigenvalue weighted by Crippen LogP contribution is -2.42. The fourth-order valence-electron chi connectivity index (χ4n) is 4.72. The Balaban J connectivity index is 1.41. The number of alkyl halides is 1. The summed E-state index contributed by atoms with van der Waals surface area (Å²) < 4.78 is 53.4. The minimum Gasteiger partial charge on any atom is -0.465 e. The Kier molecular flexibility index (Phi) is 8.60. The number of carbonyl (C=O) groups is 1. The Morgan fingerprint density at radius 2 is 2.12 bits per heavy atom. The number of anilines is 2. The standard InChI is InChI=1S/C27H33FN7O7P/c1-5-27(28)21(36)19(14-40-43(38,33-16(3)24(37)39-6-2)42-18-10-8-7-9-11-18)41-25(27)35-15-30-20-22(34(4)17-12-13-17)31-26(29)32-23(20)35/h1,7-11,15-17,19,21,25,36H,6,12-14H2,2-4H3,(H,33,38)(H2,29,31,32)/t16-,19+,21+,25+,27+,43+/m0/s1. The number of benzene rings is 1. The zero-order valence-corrected chi connectivity index (χ0v) is 24.7. The van der Waals surface area contributed by atoms with Crippen molar-refractivity contribution < 1.29 is 37.4 Å². The zero-order chi connectivity index (χ0) is 30.9. The van der Waals surface area contributed by atoms with Crippen molar-refractivity contribution in [2.75, 3.05) is 30.9 Å². The van der Waals surface area contributed by atoms with Crippen molar-refractivity contribution in [2.45, 2.75) is 62.9 Å². The molecular weight excluding hydrogens is 584 g/mol. The van der Waals surface area contributed by atoms with Gasteiger partial charge in [-0.2, -0.15) is 15.1 Å². The van der Waals surface area contributed by atoms with Gasteiger partial charge < -0.3 is 29.7 Å². The number of halogens is 1. The molecule has 14 nitrogen and oxygen atoms in total. The number of fused-ring (bicyclic) bond motifs is 1. The van der Waals surface area contributed by atoms with Gasteiger partial charge in [-0.15, -0.1) is 6.42 Å². The van der Waals surface area contributed by atoms with E-state index < -0.39 is 50.5 Å². The van der Waals surface area contributed by atoms with Crippen molar-refractivity contribution >= 4 is 36.6 Å². The summed E-state index contributed by atoms with van der Waals surface area (Å²) in [6.45, 7) is 2.50. The Morgan fingerprint density at radius 1 is 1.40 bits per heavy atom. The average molecular weight is 618 g/mol. The van der Waals surface area contributed by atoms with E-state index in [1.54, 1.807) is 25.1 Å². The van der Waals surface area contributed by atoms with Gasteiger partial charge in [0.1, 0.15) is 24.0 Å². The fraction of sp³-hybridized carbons (Fsp3) is 0.481. The largest absolute Gasteiger partial charge is 0.465 e. The van der Waals surface area contributed by atoms with Gasteiger partial charge in [0.2, 0.25) is 11.6 Å². The van der Waals surface area contributed by atoms with Crippen molar-refractivity contribution in [1.82, 2.24) is 24.6 Å². The number of aliphatic hydroxyl groups excluding tert-OH is 1. The summed E-state index contributed by atoms with van der Waals surface area (Å²) >= 11 is 0. The zero-order valence-electron chi connectivity index (χ0n) is 23.8. The number of rotatable bonds is 12. The number of nitrogen functional groups attached to an aromatic ring is 1. The molecule has 1 aliphatic heterocycles. The second kappa shape index (κ2) is 12.1. The van der Waals surface area contributed by atoms with Gasteiger partial charge in [-0.1, -0.05) is 24.1 Å². The average Bonchev–Trinajstić information content (AvgIpc) is 3.71. The van der Waals surface area contributed by atoms with Crippen molar-refractivity contribution in [3.63, 3.8) is 0 Å². The number of aliphatic hydroxyl groups is 1.